The second-order valence-corrected chi connectivity index (χ2v) is 8.02. The van der Waals surface area contributed by atoms with Crippen LogP contribution in [0.1, 0.15) is 34.1 Å². The smallest absolute Gasteiger partial charge is 0.210 e. The molecule has 1 aliphatic heterocycles. The van der Waals surface area contributed by atoms with E-state index < -0.39 is 12.1 Å². The zero-order valence-corrected chi connectivity index (χ0v) is 18.0. The van der Waals surface area contributed by atoms with Crippen molar-refractivity contribution in [2.24, 2.45) is 4.99 Å². The molecule has 2 aromatic heterocycles. The van der Waals surface area contributed by atoms with Crippen LogP contribution in [0.5, 0.6) is 0 Å². The number of pyridine rings is 1. The van der Waals surface area contributed by atoms with Gasteiger partial charge in [0.2, 0.25) is 5.78 Å². The molecular formula is C26H24N4O2. The summed E-state index contributed by atoms with van der Waals surface area (Å²) < 4.78 is 7.93. The van der Waals surface area contributed by atoms with E-state index in [-0.39, 0.29) is 5.78 Å². The van der Waals surface area contributed by atoms with Gasteiger partial charge in [-0.3, -0.25) is 14.2 Å². The first-order valence-corrected chi connectivity index (χ1v) is 10.7. The summed E-state index contributed by atoms with van der Waals surface area (Å²) in [7, 11) is 0. The van der Waals surface area contributed by atoms with E-state index in [2.05, 4.69) is 10.3 Å². The summed E-state index contributed by atoms with van der Waals surface area (Å²) >= 11 is 0. The van der Waals surface area contributed by atoms with Gasteiger partial charge in [-0.15, -0.1) is 0 Å². The first kappa shape index (κ1) is 20.2. The van der Waals surface area contributed by atoms with E-state index >= 15 is 0 Å². The minimum atomic E-state index is -0.705. The Morgan fingerprint density at radius 2 is 1.78 bits per heavy atom. The van der Waals surface area contributed by atoms with E-state index in [1.807, 2.05) is 97.2 Å². The summed E-state index contributed by atoms with van der Waals surface area (Å²) in [5.74, 6) is 1.01. The fourth-order valence-electron chi connectivity index (χ4n) is 3.87. The van der Waals surface area contributed by atoms with Gasteiger partial charge >= 0.3 is 0 Å². The molecule has 0 radical (unpaired) electrons. The minimum absolute atomic E-state index is 0.117. The molecule has 6 heteroatoms. The summed E-state index contributed by atoms with van der Waals surface area (Å²) in [6.07, 6.45) is 1.43. The molecule has 160 valence electrons. The number of nitrogens with zero attached hydrogens (tertiary/aromatic N) is 3. The summed E-state index contributed by atoms with van der Waals surface area (Å²) in [4.78, 5) is 23.2. The summed E-state index contributed by atoms with van der Waals surface area (Å²) in [6, 6.07) is 23.0. The van der Waals surface area contributed by atoms with Crippen molar-refractivity contribution in [3.8, 4) is 0 Å². The van der Waals surface area contributed by atoms with Gasteiger partial charge in [-0.25, -0.2) is 4.98 Å². The average molecular weight is 425 g/mol. The zero-order chi connectivity index (χ0) is 22.1. The Morgan fingerprint density at radius 1 is 1.03 bits per heavy atom. The number of carbonyl (C=O) groups excluding carboxylic acids is 1. The minimum Gasteiger partial charge on any atom is -0.371 e. The number of Topliss-reactive ketones (excluding diaryl/α,β-unsaturated/α-hetero) is 1. The van der Waals surface area contributed by atoms with Crippen molar-refractivity contribution in [1.29, 1.82) is 0 Å². The van der Waals surface area contributed by atoms with Crippen LogP contribution < -0.4 is 5.32 Å². The van der Waals surface area contributed by atoms with Gasteiger partial charge in [0.05, 0.1) is 12.7 Å². The largest absolute Gasteiger partial charge is 0.371 e. The van der Waals surface area contributed by atoms with Crippen LogP contribution >= 0.6 is 0 Å². The van der Waals surface area contributed by atoms with E-state index in [0.29, 0.717) is 29.6 Å². The van der Waals surface area contributed by atoms with Crippen molar-refractivity contribution < 1.29 is 9.53 Å². The van der Waals surface area contributed by atoms with Crippen LogP contribution in [-0.2, 0) is 11.3 Å². The first-order chi connectivity index (χ1) is 15.6. The molecule has 32 heavy (non-hydrogen) atoms. The first-order valence-electron chi connectivity index (χ1n) is 10.7. The monoisotopic (exact) mass is 424 g/mol. The molecule has 0 aliphatic carbocycles. The fourth-order valence-corrected chi connectivity index (χ4v) is 3.87. The average Bonchev–Trinajstić information content (AvgIpc) is 3.12. The SMILES string of the molecule is Cc1ccc(C2=N[C@@H](C(C)OCc3ccccc3)C(=O)c3c(nc4ccccn34)N2)cc1. The maximum Gasteiger partial charge on any atom is 0.210 e. The number of benzene rings is 2. The van der Waals surface area contributed by atoms with E-state index in [9.17, 15) is 4.79 Å². The number of hydrogen-bond acceptors (Lipinski definition) is 5. The Balaban J connectivity index is 1.55. The molecule has 2 atom stereocenters. The van der Waals surface area contributed by atoms with E-state index in [1.165, 1.54) is 0 Å². The van der Waals surface area contributed by atoms with Crippen molar-refractivity contribution in [3.05, 3.63) is 101 Å². The number of carbonyl (C=O) groups is 1. The maximum absolute atomic E-state index is 13.7. The third-order valence-corrected chi connectivity index (χ3v) is 5.66. The van der Waals surface area contributed by atoms with Crippen LogP contribution in [-0.4, -0.2) is 33.1 Å². The fraction of sp³-hybridized carbons (Fsp3) is 0.192. The Bertz CT molecular complexity index is 1290. The molecule has 5 rings (SSSR count). The van der Waals surface area contributed by atoms with Gasteiger partial charge in [-0.1, -0.05) is 66.2 Å². The number of nitrogens with one attached hydrogen (secondary N) is 1. The lowest BCUT2D eigenvalue weighted by Gasteiger charge is -2.20. The van der Waals surface area contributed by atoms with Gasteiger partial charge in [0.25, 0.3) is 0 Å². The highest BCUT2D eigenvalue weighted by atomic mass is 16.5. The number of fused-ring (bicyclic) bond motifs is 3. The summed E-state index contributed by atoms with van der Waals surface area (Å²) in [5, 5.41) is 3.32. The van der Waals surface area contributed by atoms with E-state index in [1.54, 1.807) is 0 Å². The van der Waals surface area contributed by atoms with Gasteiger partial charge in [0.15, 0.2) is 5.82 Å². The molecule has 0 amide bonds. The van der Waals surface area contributed by atoms with Crippen LogP contribution in [0, 0.1) is 6.92 Å². The van der Waals surface area contributed by atoms with Crippen molar-refractivity contribution in [2.45, 2.75) is 32.6 Å². The number of hydrogen-bond donors (Lipinski definition) is 1. The van der Waals surface area contributed by atoms with Crippen molar-refractivity contribution in [1.82, 2.24) is 9.38 Å². The Labute approximate surface area is 186 Å². The molecule has 4 aromatic rings. The molecule has 1 N–H and O–H groups in total. The molecule has 2 aromatic carbocycles. The predicted molar refractivity (Wildman–Crippen MR) is 125 cm³/mol. The number of anilines is 1. The van der Waals surface area contributed by atoms with Gasteiger partial charge in [-0.2, -0.15) is 0 Å². The van der Waals surface area contributed by atoms with E-state index in [4.69, 9.17) is 9.73 Å². The number of rotatable bonds is 5. The molecule has 6 nitrogen and oxygen atoms in total. The Kier molecular flexibility index (Phi) is 5.29. The number of aromatic nitrogens is 2. The summed E-state index contributed by atoms with van der Waals surface area (Å²) in [5.41, 5.74) is 4.31. The second kappa shape index (κ2) is 8.40. The topological polar surface area (TPSA) is 68.0 Å². The lowest BCUT2D eigenvalue weighted by atomic mass is 10.1. The predicted octanol–water partition coefficient (Wildman–Crippen LogP) is 4.67. The van der Waals surface area contributed by atoms with Crippen molar-refractivity contribution in [2.75, 3.05) is 5.32 Å². The number of aryl methyl sites for hydroxylation is 1. The van der Waals surface area contributed by atoms with Gasteiger partial charge in [0, 0.05) is 11.8 Å². The number of aliphatic imine (C=N–C) groups is 1. The third kappa shape index (κ3) is 3.81. The molecule has 3 heterocycles. The second-order valence-electron chi connectivity index (χ2n) is 8.02. The van der Waals surface area contributed by atoms with Gasteiger partial charge in [-0.05, 0) is 31.5 Å². The highest BCUT2D eigenvalue weighted by Gasteiger charge is 2.34. The third-order valence-electron chi connectivity index (χ3n) is 5.66. The van der Waals surface area contributed by atoms with E-state index in [0.717, 1.165) is 16.7 Å². The lowest BCUT2D eigenvalue weighted by Crippen LogP contribution is -2.33. The zero-order valence-electron chi connectivity index (χ0n) is 18.0. The van der Waals surface area contributed by atoms with Crippen LogP contribution in [0.15, 0.2) is 84.0 Å². The normalized spacial score (nSPS) is 16.8. The number of amidine groups is 1. The number of imidazole rings is 1. The quantitative estimate of drug-likeness (QED) is 0.505. The van der Waals surface area contributed by atoms with Crippen molar-refractivity contribution >= 4 is 23.1 Å². The highest BCUT2D eigenvalue weighted by molar-refractivity contribution is 6.16. The summed E-state index contributed by atoms with van der Waals surface area (Å²) in [6.45, 7) is 4.35. The molecule has 0 fully saturated rings. The number of ether oxygens (including phenoxy) is 1. The molecule has 0 bridgehead atoms. The molecule has 0 spiro atoms. The highest BCUT2D eigenvalue weighted by Crippen LogP contribution is 2.26. The number of ketones is 1. The van der Waals surface area contributed by atoms with Crippen LogP contribution in [0.3, 0.4) is 0 Å². The standard InChI is InChI=1S/C26H24N4O2/c1-17-11-13-20(14-12-17)25-28-22(18(2)32-16-19-8-4-3-5-9-19)24(31)23-26(29-25)27-21-10-6-7-15-30(21)23/h3-15,18,22H,16H2,1-2H3,(H,28,29)/t18?,22-/m0/s1. The molecule has 0 saturated heterocycles. The Hall–Kier alpha value is -3.77. The Morgan fingerprint density at radius 3 is 2.56 bits per heavy atom. The van der Waals surface area contributed by atoms with Crippen LogP contribution in [0.4, 0.5) is 5.82 Å². The van der Waals surface area contributed by atoms with Crippen molar-refractivity contribution in [3.63, 3.8) is 0 Å². The van der Waals surface area contributed by atoms with Gasteiger partial charge in [0.1, 0.15) is 23.2 Å². The molecule has 1 unspecified atom stereocenters. The molecular weight excluding hydrogens is 400 g/mol. The lowest BCUT2D eigenvalue weighted by molar-refractivity contribution is 0.0347. The van der Waals surface area contributed by atoms with Crippen LogP contribution in [0.25, 0.3) is 5.65 Å². The van der Waals surface area contributed by atoms with Gasteiger partial charge < -0.3 is 10.1 Å². The molecule has 1 aliphatic rings. The molecule has 0 saturated carbocycles. The van der Waals surface area contributed by atoms with Crippen LogP contribution in [0.2, 0.25) is 0 Å². The maximum atomic E-state index is 13.7.